The Morgan fingerprint density at radius 2 is 1.83 bits per heavy atom. The molecule has 4 aliphatic rings. The van der Waals surface area contributed by atoms with Gasteiger partial charge in [0.15, 0.2) is 0 Å². The van der Waals surface area contributed by atoms with Crippen LogP contribution in [0.4, 0.5) is 30.6 Å². The Balaban J connectivity index is 0.799. The van der Waals surface area contributed by atoms with Gasteiger partial charge in [-0.15, -0.1) is 0 Å². The third-order valence-corrected chi connectivity index (χ3v) is 14.7. The van der Waals surface area contributed by atoms with Gasteiger partial charge >= 0.3 is 11.9 Å². The number of benzene rings is 2. The first-order chi connectivity index (χ1) is 30.3. The van der Waals surface area contributed by atoms with Crippen molar-refractivity contribution in [1.82, 2.24) is 34.0 Å². The van der Waals surface area contributed by atoms with E-state index in [1.165, 1.54) is 27.7 Å². The molecule has 0 spiro atoms. The fourth-order valence-electron chi connectivity index (χ4n) is 9.78. The number of amides is 2. The number of hydrogen-bond acceptors (Lipinski definition) is 12. The van der Waals surface area contributed by atoms with Crippen LogP contribution in [0.15, 0.2) is 52.3 Å². The van der Waals surface area contributed by atoms with Crippen LogP contribution < -0.4 is 25.9 Å². The fraction of sp³-hybridized carbons (Fsp3) is 0.568. The van der Waals surface area contributed by atoms with Gasteiger partial charge in [0.25, 0.3) is 0 Å². The second kappa shape index (κ2) is 17.8. The number of nitrogens with zero attached hydrogens (tertiary/aromatic N) is 6. The van der Waals surface area contributed by atoms with Gasteiger partial charge in [-0.3, -0.25) is 24.0 Å². The number of sulfonamides is 1. The molecule has 0 bridgehead atoms. The lowest BCUT2D eigenvalue weighted by molar-refractivity contribution is -0.138. The number of alkyl halides is 3. The lowest BCUT2D eigenvalue weighted by Crippen LogP contribution is -2.47. The number of imidazole rings is 1. The molecule has 3 atom stereocenters. The van der Waals surface area contributed by atoms with Gasteiger partial charge in [0.05, 0.1) is 34.2 Å². The number of hydrogen-bond donors (Lipinski definition) is 4. The van der Waals surface area contributed by atoms with Gasteiger partial charge < -0.3 is 25.0 Å². The molecule has 16 nitrogen and oxygen atoms in total. The van der Waals surface area contributed by atoms with Crippen LogP contribution in [0.2, 0.25) is 0 Å². The molecule has 4 aromatic rings. The quantitative estimate of drug-likeness (QED) is 0.133. The minimum Gasteiger partial charge on any atom is -0.388 e. The normalized spacial score (nSPS) is 24.4. The molecule has 4 N–H and O–H groups in total. The summed E-state index contributed by atoms with van der Waals surface area (Å²) in [6.07, 6.45) is 1.18. The van der Waals surface area contributed by atoms with Crippen molar-refractivity contribution in [2.45, 2.75) is 113 Å². The number of likely N-dealkylation sites (tertiary alicyclic amines) is 1. The van der Waals surface area contributed by atoms with Crippen LogP contribution in [0.3, 0.4) is 0 Å². The van der Waals surface area contributed by atoms with E-state index in [0.29, 0.717) is 48.3 Å². The molecule has 1 unspecified atom stereocenters. The smallest absolute Gasteiger partial charge is 0.388 e. The zero-order valence-corrected chi connectivity index (χ0v) is 37.3. The number of halogens is 3. The molecular formula is C44H56F3N9O7S. The highest BCUT2D eigenvalue weighted by Crippen LogP contribution is 2.39. The number of anilines is 3. The number of aromatic nitrogens is 4. The molecule has 20 heteroatoms. The molecule has 3 aliphatic heterocycles. The number of para-hydroxylation sites is 1. The van der Waals surface area contributed by atoms with Crippen LogP contribution in [-0.4, -0.2) is 106 Å². The molecular weight excluding hydrogens is 856 g/mol. The van der Waals surface area contributed by atoms with Gasteiger partial charge in [0.2, 0.25) is 27.8 Å². The second-order valence-corrected chi connectivity index (χ2v) is 20.1. The van der Waals surface area contributed by atoms with Crippen molar-refractivity contribution in [3.05, 3.63) is 69.8 Å². The molecule has 4 fully saturated rings. The Bertz CT molecular complexity index is 2580. The number of aliphatic hydroxyl groups is 1. The van der Waals surface area contributed by atoms with Crippen LogP contribution in [0.5, 0.6) is 0 Å². The molecule has 346 valence electrons. The summed E-state index contributed by atoms with van der Waals surface area (Å²) in [7, 11) is -2.21. The Morgan fingerprint density at radius 1 is 1.08 bits per heavy atom. The highest BCUT2D eigenvalue weighted by Gasteiger charge is 2.40. The standard InChI is InChI=1S/C44H56F3N9O7S/c1-26-19-31(13-14-34(26)49-41-48-20-33(44(45,46)47)39(51-41)55-18-6-17-43(3,60)25-55)64(61,62)52-27(2)24-63-30-11-9-28(10-12-30)21-54-22-29(23-54)32-7-5-8-35-38(32)53(4)42(59)56(35)36-15-16-37(57)50-40(36)58/h5,7-8,13-14,19-20,27-30,36,52,60H,6,9-12,15-18,21-25H2,1-4H3,(H,48,49,51)(H,50,57,58)/t27-,28?,30?,36?,43-/m0/s1. The summed E-state index contributed by atoms with van der Waals surface area (Å²) in [5, 5.41) is 15.8. The minimum atomic E-state index is -4.71. The van der Waals surface area contributed by atoms with Crippen molar-refractivity contribution in [1.29, 1.82) is 0 Å². The van der Waals surface area contributed by atoms with Crippen molar-refractivity contribution in [3.8, 4) is 0 Å². The zero-order chi connectivity index (χ0) is 45.7. The number of carbonyl (C=O) groups is 2. The Labute approximate surface area is 369 Å². The van der Waals surface area contributed by atoms with Crippen molar-refractivity contribution in [2.24, 2.45) is 13.0 Å². The highest BCUT2D eigenvalue weighted by atomic mass is 32.2. The Hall–Kier alpha value is -4.89. The van der Waals surface area contributed by atoms with Crippen LogP contribution in [0.1, 0.15) is 93.9 Å². The zero-order valence-electron chi connectivity index (χ0n) is 36.4. The van der Waals surface area contributed by atoms with Crippen molar-refractivity contribution >= 4 is 50.3 Å². The number of imide groups is 1. The van der Waals surface area contributed by atoms with Gasteiger partial charge in [-0.25, -0.2) is 22.9 Å². The summed E-state index contributed by atoms with van der Waals surface area (Å²) < 4.78 is 80.7. The van der Waals surface area contributed by atoms with E-state index >= 15 is 0 Å². The van der Waals surface area contributed by atoms with E-state index in [2.05, 4.69) is 36.3 Å². The summed E-state index contributed by atoms with van der Waals surface area (Å²) in [6, 6.07) is 9.00. The van der Waals surface area contributed by atoms with Gasteiger partial charge in [0.1, 0.15) is 17.4 Å². The summed E-state index contributed by atoms with van der Waals surface area (Å²) >= 11 is 0. The van der Waals surface area contributed by atoms with Gasteiger partial charge in [-0.1, -0.05) is 12.1 Å². The average molecular weight is 912 g/mol. The molecule has 2 amide bonds. The number of ether oxygens (including phenoxy) is 1. The first-order valence-corrected chi connectivity index (χ1v) is 23.4. The third-order valence-electron chi connectivity index (χ3n) is 13.1. The maximum Gasteiger partial charge on any atom is 0.421 e. The second-order valence-electron chi connectivity index (χ2n) is 18.4. The van der Waals surface area contributed by atoms with Crippen LogP contribution in [-0.2, 0) is 37.6 Å². The Kier molecular flexibility index (Phi) is 12.7. The van der Waals surface area contributed by atoms with Crippen molar-refractivity contribution < 1.29 is 41.0 Å². The topological polar surface area (TPSA) is 193 Å². The van der Waals surface area contributed by atoms with Crippen LogP contribution in [0, 0.1) is 12.8 Å². The number of β-amino-alcohol motifs (C(OH)–C–C–N with tert-alkyl or cyclic N) is 1. The third kappa shape index (κ3) is 9.71. The number of fused-ring (bicyclic) bond motifs is 1. The van der Waals surface area contributed by atoms with Gasteiger partial charge in [-0.05, 0) is 107 Å². The molecule has 3 saturated heterocycles. The van der Waals surface area contributed by atoms with Gasteiger partial charge in [-0.2, -0.15) is 18.2 Å². The fourth-order valence-corrected chi connectivity index (χ4v) is 11.1. The molecule has 1 aliphatic carbocycles. The van der Waals surface area contributed by atoms with E-state index in [9.17, 15) is 41.1 Å². The van der Waals surface area contributed by atoms with Gasteiger partial charge in [0, 0.05) is 70.0 Å². The summed E-state index contributed by atoms with van der Waals surface area (Å²) in [4.78, 5) is 49.8. The molecule has 0 radical (unpaired) electrons. The number of aryl methyl sites for hydroxylation is 2. The summed E-state index contributed by atoms with van der Waals surface area (Å²) in [5.74, 6) is -0.447. The number of rotatable bonds is 13. The number of piperidine rings is 2. The van der Waals surface area contributed by atoms with E-state index in [1.54, 1.807) is 32.4 Å². The predicted octanol–water partition coefficient (Wildman–Crippen LogP) is 4.87. The number of nitrogens with one attached hydrogen (secondary N) is 3. The van der Waals surface area contributed by atoms with E-state index in [4.69, 9.17) is 4.74 Å². The van der Waals surface area contributed by atoms with Crippen LogP contribution >= 0.6 is 0 Å². The van der Waals surface area contributed by atoms with E-state index in [-0.39, 0.29) is 66.3 Å². The molecule has 64 heavy (non-hydrogen) atoms. The lowest BCUT2D eigenvalue weighted by atomic mass is 9.84. The molecule has 5 heterocycles. The molecule has 2 aromatic heterocycles. The summed E-state index contributed by atoms with van der Waals surface area (Å²) in [5.41, 5.74) is 1.09. The SMILES string of the molecule is Cc1cc(S(=O)(=O)N[C@@H](C)COC2CCC(CN3CC(c4cccc5c4n(C)c(=O)n5C4CCC(=O)NC4=O)C3)CC2)ccc1Nc1ncc(C(F)(F)F)c(N2CCC[C@](C)(O)C2)n1. The maximum atomic E-state index is 13.9. The van der Waals surface area contributed by atoms with Crippen LogP contribution in [0.25, 0.3) is 11.0 Å². The Morgan fingerprint density at radius 3 is 2.52 bits per heavy atom. The molecule has 2 aromatic carbocycles. The van der Waals surface area contributed by atoms with E-state index in [1.807, 2.05) is 12.1 Å². The van der Waals surface area contributed by atoms with E-state index in [0.717, 1.165) is 56.4 Å². The predicted molar refractivity (Wildman–Crippen MR) is 233 cm³/mol. The average Bonchev–Trinajstić information content (AvgIpc) is 3.47. The molecule has 8 rings (SSSR count). The summed E-state index contributed by atoms with van der Waals surface area (Å²) in [6.45, 7) is 8.16. The first-order valence-electron chi connectivity index (χ1n) is 22.0. The maximum absolute atomic E-state index is 13.9. The largest absolute Gasteiger partial charge is 0.421 e. The minimum absolute atomic E-state index is 0.0163. The van der Waals surface area contributed by atoms with Crippen molar-refractivity contribution in [3.63, 3.8) is 0 Å². The number of carbonyl (C=O) groups excluding carboxylic acids is 2. The highest BCUT2D eigenvalue weighted by molar-refractivity contribution is 7.89. The molecule has 1 saturated carbocycles. The lowest BCUT2D eigenvalue weighted by Gasteiger charge is -2.43. The van der Waals surface area contributed by atoms with Crippen molar-refractivity contribution in [2.75, 3.05) is 49.5 Å². The first kappa shape index (κ1) is 45.7. The monoisotopic (exact) mass is 911 g/mol. The van der Waals surface area contributed by atoms with E-state index < -0.39 is 45.4 Å².